The molecule has 2 heterocycles. The number of aromatic amines is 1. The molecule has 0 saturated carbocycles. The Morgan fingerprint density at radius 2 is 1.74 bits per heavy atom. The zero-order valence-electron chi connectivity index (χ0n) is 19.9. The predicted molar refractivity (Wildman–Crippen MR) is 129 cm³/mol. The number of aliphatic carboxylic acids is 1. The number of hydrogen-bond acceptors (Lipinski definition) is 6. The summed E-state index contributed by atoms with van der Waals surface area (Å²) < 4.78 is 5.47. The molecule has 0 spiro atoms. The molecule has 0 aliphatic carbocycles. The van der Waals surface area contributed by atoms with Gasteiger partial charge in [0.2, 0.25) is 0 Å². The first kappa shape index (κ1) is 24.0. The summed E-state index contributed by atoms with van der Waals surface area (Å²) in [4.78, 5) is 14.4. The van der Waals surface area contributed by atoms with Crippen LogP contribution in [0, 0.1) is 5.92 Å². The van der Waals surface area contributed by atoms with E-state index in [1.54, 1.807) is 0 Å². The fourth-order valence-corrected chi connectivity index (χ4v) is 4.76. The average Bonchev–Trinajstić information content (AvgIpc) is 3.41. The van der Waals surface area contributed by atoms with Gasteiger partial charge in [-0.25, -0.2) is 0 Å². The van der Waals surface area contributed by atoms with Gasteiger partial charge >= 0.3 is 5.97 Å². The average molecular weight is 464 g/mol. The van der Waals surface area contributed by atoms with Gasteiger partial charge in [-0.1, -0.05) is 67.1 Å². The lowest BCUT2D eigenvalue weighted by Gasteiger charge is -2.32. The summed E-state index contributed by atoms with van der Waals surface area (Å²) in [5.74, 6) is -1.25. The number of nitrogens with one attached hydrogen (secondary N) is 1. The summed E-state index contributed by atoms with van der Waals surface area (Å²) in [6, 6.07) is 17.4. The van der Waals surface area contributed by atoms with Crippen molar-refractivity contribution in [1.29, 1.82) is 0 Å². The van der Waals surface area contributed by atoms with Crippen LogP contribution in [0.3, 0.4) is 0 Å². The maximum absolute atomic E-state index is 11.9. The third kappa shape index (κ3) is 5.69. The van der Waals surface area contributed by atoms with E-state index >= 15 is 0 Å². The Kier molecular flexibility index (Phi) is 8.03. The Morgan fingerprint density at radius 1 is 1.09 bits per heavy atom. The van der Waals surface area contributed by atoms with Gasteiger partial charge in [0.1, 0.15) is 0 Å². The van der Waals surface area contributed by atoms with Crippen LogP contribution < -0.4 is 0 Å². The van der Waals surface area contributed by atoms with Crippen molar-refractivity contribution in [2.45, 2.75) is 45.1 Å². The highest BCUT2D eigenvalue weighted by Crippen LogP contribution is 2.31. The Morgan fingerprint density at radius 3 is 2.29 bits per heavy atom. The van der Waals surface area contributed by atoms with Crippen LogP contribution in [-0.2, 0) is 16.0 Å². The van der Waals surface area contributed by atoms with Crippen LogP contribution in [0.5, 0.6) is 0 Å². The van der Waals surface area contributed by atoms with Crippen LogP contribution in [0.25, 0.3) is 11.1 Å². The number of morpholine rings is 1. The molecule has 1 unspecified atom stereocenters. The number of hydrogen-bond donors (Lipinski definition) is 2. The topological polar surface area (TPSA) is 104 Å². The largest absolute Gasteiger partial charge is 0.481 e. The van der Waals surface area contributed by atoms with Gasteiger partial charge < -0.3 is 9.84 Å². The number of aromatic nitrogens is 4. The van der Waals surface area contributed by atoms with Gasteiger partial charge in [0.05, 0.1) is 19.1 Å². The van der Waals surface area contributed by atoms with Crippen molar-refractivity contribution in [3.63, 3.8) is 0 Å². The van der Waals surface area contributed by atoms with Crippen LogP contribution in [0.1, 0.15) is 55.6 Å². The first-order chi connectivity index (χ1) is 16.6. The third-order valence-electron chi connectivity index (χ3n) is 6.83. The molecule has 0 bridgehead atoms. The van der Waals surface area contributed by atoms with E-state index in [0.29, 0.717) is 24.7 Å². The Labute approximate surface area is 200 Å². The molecular formula is C26H33N5O3. The molecule has 0 amide bonds. The molecule has 1 aliphatic heterocycles. The van der Waals surface area contributed by atoms with Crippen molar-refractivity contribution in [1.82, 2.24) is 25.5 Å². The van der Waals surface area contributed by atoms with E-state index in [9.17, 15) is 9.90 Å². The molecule has 8 heteroatoms. The second-order valence-corrected chi connectivity index (χ2v) is 8.96. The van der Waals surface area contributed by atoms with E-state index in [0.717, 1.165) is 49.4 Å². The quantitative estimate of drug-likeness (QED) is 0.467. The molecular weight excluding hydrogens is 430 g/mol. The number of nitrogens with zero attached hydrogens (tertiary/aromatic N) is 4. The zero-order valence-corrected chi connectivity index (χ0v) is 19.9. The molecule has 0 radical (unpaired) electrons. The monoisotopic (exact) mass is 463 g/mol. The third-order valence-corrected chi connectivity index (χ3v) is 6.83. The molecule has 8 nitrogen and oxygen atoms in total. The lowest BCUT2D eigenvalue weighted by Crippen LogP contribution is -2.37. The van der Waals surface area contributed by atoms with Crippen molar-refractivity contribution in [2.75, 3.05) is 26.3 Å². The summed E-state index contributed by atoms with van der Waals surface area (Å²) in [5.41, 5.74) is 4.65. The summed E-state index contributed by atoms with van der Waals surface area (Å²) in [6.07, 6.45) is 1.90. The van der Waals surface area contributed by atoms with E-state index in [1.165, 1.54) is 5.56 Å². The van der Waals surface area contributed by atoms with Crippen LogP contribution in [0.4, 0.5) is 0 Å². The van der Waals surface area contributed by atoms with Crippen LogP contribution >= 0.6 is 0 Å². The molecule has 34 heavy (non-hydrogen) atoms. The molecule has 1 aromatic heterocycles. The standard InChI is InChI=1S/C26H33N5O3/c1-3-4-23(26(32)33)24(25-27-29-30-28-25)17-19-5-7-21(8-6-19)22-11-9-20(10-12-22)18(2)31-13-15-34-16-14-31/h5-12,18,23-24H,3-4,13-17H2,1-2H3,(H,32,33)(H,27,28,29,30)/t18?,23-,24-/m0/s1. The summed E-state index contributed by atoms with van der Waals surface area (Å²) in [5, 5.41) is 24.1. The second-order valence-electron chi connectivity index (χ2n) is 8.96. The number of benzene rings is 2. The number of ether oxygens (including phenoxy) is 1. The number of carboxylic acid groups (broad SMARTS) is 1. The molecule has 3 atom stereocenters. The van der Waals surface area contributed by atoms with Crippen LogP contribution in [-0.4, -0.2) is 62.9 Å². The minimum atomic E-state index is -0.820. The lowest BCUT2D eigenvalue weighted by atomic mass is 9.83. The lowest BCUT2D eigenvalue weighted by molar-refractivity contribution is -0.142. The fraction of sp³-hybridized carbons (Fsp3) is 0.462. The minimum absolute atomic E-state index is 0.331. The van der Waals surface area contributed by atoms with Gasteiger partial charge in [0.15, 0.2) is 5.82 Å². The van der Waals surface area contributed by atoms with Gasteiger partial charge in [-0.3, -0.25) is 9.69 Å². The van der Waals surface area contributed by atoms with Crippen molar-refractivity contribution in [3.05, 3.63) is 65.5 Å². The predicted octanol–water partition coefficient (Wildman–Crippen LogP) is 4.09. The highest BCUT2D eigenvalue weighted by molar-refractivity contribution is 5.71. The molecule has 1 aliphatic rings. The molecule has 180 valence electrons. The fourth-order valence-electron chi connectivity index (χ4n) is 4.76. The van der Waals surface area contributed by atoms with Crippen molar-refractivity contribution in [3.8, 4) is 11.1 Å². The molecule has 3 aromatic rings. The SMILES string of the molecule is CCC[C@H](C(=O)O)[C@H](Cc1ccc(-c2ccc(C(C)N3CCOCC3)cc2)cc1)c1nn[nH]n1. The van der Waals surface area contributed by atoms with E-state index < -0.39 is 11.9 Å². The number of carbonyl (C=O) groups is 1. The highest BCUT2D eigenvalue weighted by Gasteiger charge is 2.32. The van der Waals surface area contributed by atoms with E-state index in [1.807, 2.05) is 6.92 Å². The molecule has 2 aromatic carbocycles. The van der Waals surface area contributed by atoms with Gasteiger partial charge in [0, 0.05) is 25.0 Å². The van der Waals surface area contributed by atoms with E-state index in [-0.39, 0.29) is 5.92 Å². The number of rotatable bonds is 10. The molecule has 4 rings (SSSR count). The van der Waals surface area contributed by atoms with Gasteiger partial charge in [-0.15, -0.1) is 10.2 Å². The van der Waals surface area contributed by atoms with Gasteiger partial charge in [-0.05, 0) is 42.0 Å². The van der Waals surface area contributed by atoms with E-state index in [2.05, 4.69) is 81.0 Å². The molecule has 2 N–H and O–H groups in total. The number of carboxylic acids is 1. The van der Waals surface area contributed by atoms with Crippen molar-refractivity contribution < 1.29 is 14.6 Å². The summed E-state index contributed by atoms with van der Waals surface area (Å²) >= 11 is 0. The molecule has 1 saturated heterocycles. The van der Waals surface area contributed by atoms with Crippen LogP contribution in [0.15, 0.2) is 48.5 Å². The highest BCUT2D eigenvalue weighted by atomic mass is 16.5. The Balaban J connectivity index is 1.47. The van der Waals surface area contributed by atoms with E-state index in [4.69, 9.17) is 4.74 Å². The Bertz CT molecular complexity index is 1030. The van der Waals surface area contributed by atoms with Crippen molar-refractivity contribution >= 4 is 5.97 Å². The smallest absolute Gasteiger partial charge is 0.307 e. The molecule has 1 fully saturated rings. The summed E-state index contributed by atoms with van der Waals surface area (Å²) in [6.45, 7) is 7.78. The Hall–Kier alpha value is -3.10. The number of tetrazole rings is 1. The minimum Gasteiger partial charge on any atom is -0.481 e. The summed E-state index contributed by atoms with van der Waals surface area (Å²) in [7, 11) is 0. The second kappa shape index (κ2) is 11.4. The van der Waals surface area contributed by atoms with Gasteiger partial charge in [-0.2, -0.15) is 5.21 Å². The maximum Gasteiger partial charge on any atom is 0.307 e. The maximum atomic E-state index is 11.9. The number of H-pyrrole nitrogens is 1. The van der Waals surface area contributed by atoms with Crippen LogP contribution in [0.2, 0.25) is 0 Å². The first-order valence-corrected chi connectivity index (χ1v) is 12.0. The zero-order chi connectivity index (χ0) is 23.9. The van der Waals surface area contributed by atoms with Crippen molar-refractivity contribution in [2.24, 2.45) is 5.92 Å². The normalized spacial score (nSPS) is 17.2. The van der Waals surface area contributed by atoms with Gasteiger partial charge in [0.25, 0.3) is 0 Å². The first-order valence-electron chi connectivity index (χ1n) is 12.0.